The molecule has 234 valence electrons. The lowest BCUT2D eigenvalue weighted by molar-refractivity contribution is 0.668. The van der Waals surface area contributed by atoms with Crippen molar-refractivity contribution in [3.63, 3.8) is 0 Å². The fourth-order valence-corrected chi connectivity index (χ4v) is 7.91. The number of para-hydroxylation sites is 4. The molecule has 0 bridgehead atoms. The first-order valence-corrected chi connectivity index (χ1v) is 16.9. The van der Waals surface area contributed by atoms with Gasteiger partial charge in [-0.15, -0.1) is 0 Å². The fourth-order valence-electron chi connectivity index (χ4n) is 7.91. The van der Waals surface area contributed by atoms with E-state index < -0.39 is 0 Å². The molecule has 4 nitrogen and oxygen atoms in total. The highest BCUT2D eigenvalue weighted by atomic mass is 16.3. The number of nitrogens with zero attached hydrogens (tertiary/aromatic N) is 2. The molecule has 3 heterocycles. The zero-order valence-corrected chi connectivity index (χ0v) is 26.9. The molecule has 0 spiro atoms. The predicted molar refractivity (Wildman–Crippen MR) is 208 cm³/mol. The highest BCUT2D eigenvalue weighted by Crippen LogP contribution is 2.45. The van der Waals surface area contributed by atoms with E-state index in [1.54, 1.807) is 0 Å². The summed E-state index contributed by atoms with van der Waals surface area (Å²) in [6, 6.07) is 60.2. The molecule has 50 heavy (non-hydrogen) atoms. The lowest BCUT2D eigenvalue weighted by Crippen LogP contribution is -2.10. The summed E-state index contributed by atoms with van der Waals surface area (Å²) in [4.78, 5) is 2.36. The molecule has 0 aliphatic heterocycles. The molecule has 0 aliphatic rings. The van der Waals surface area contributed by atoms with Gasteiger partial charge < -0.3 is 18.3 Å². The van der Waals surface area contributed by atoms with E-state index in [-0.39, 0.29) is 0 Å². The van der Waals surface area contributed by atoms with E-state index in [1.807, 2.05) is 24.3 Å². The second kappa shape index (κ2) is 10.4. The predicted octanol–water partition coefficient (Wildman–Crippen LogP) is 13.2. The van der Waals surface area contributed by atoms with Crippen LogP contribution in [0.5, 0.6) is 0 Å². The third kappa shape index (κ3) is 3.93. The van der Waals surface area contributed by atoms with Crippen molar-refractivity contribution in [2.75, 3.05) is 4.90 Å². The van der Waals surface area contributed by atoms with E-state index >= 15 is 0 Å². The van der Waals surface area contributed by atoms with Crippen LogP contribution in [0.25, 0.3) is 82.1 Å². The van der Waals surface area contributed by atoms with Gasteiger partial charge in [-0.3, -0.25) is 0 Å². The van der Waals surface area contributed by atoms with Crippen molar-refractivity contribution >= 4 is 93.5 Å². The Morgan fingerprint density at radius 2 is 0.980 bits per heavy atom. The van der Waals surface area contributed by atoms with Crippen molar-refractivity contribution < 1.29 is 8.83 Å². The van der Waals surface area contributed by atoms with Crippen LogP contribution in [0.15, 0.2) is 179 Å². The van der Waals surface area contributed by atoms with E-state index in [9.17, 15) is 0 Å². The third-order valence-corrected chi connectivity index (χ3v) is 10.1. The number of benzene rings is 8. The molecular weight excluding hydrogens is 613 g/mol. The quantitative estimate of drug-likeness (QED) is 0.192. The average molecular weight is 641 g/mol. The smallest absolute Gasteiger partial charge is 0.137 e. The first-order chi connectivity index (χ1) is 24.8. The Bertz CT molecular complexity index is 3110. The van der Waals surface area contributed by atoms with Crippen LogP contribution in [-0.2, 0) is 0 Å². The van der Waals surface area contributed by atoms with Crippen molar-refractivity contribution in [2.45, 2.75) is 0 Å². The Balaban J connectivity index is 1.20. The van der Waals surface area contributed by atoms with Gasteiger partial charge in [-0.25, -0.2) is 0 Å². The molecule has 11 rings (SSSR count). The van der Waals surface area contributed by atoms with Gasteiger partial charge in [0.15, 0.2) is 0 Å². The molecule has 4 heteroatoms. The average Bonchev–Trinajstić information content (AvgIpc) is 3.83. The number of aromatic nitrogens is 1. The van der Waals surface area contributed by atoms with Gasteiger partial charge in [0.05, 0.1) is 16.7 Å². The summed E-state index contributed by atoms with van der Waals surface area (Å²) in [5.74, 6) is 0. The largest absolute Gasteiger partial charge is 0.456 e. The zero-order valence-electron chi connectivity index (χ0n) is 26.9. The summed E-state index contributed by atoms with van der Waals surface area (Å²) in [6.45, 7) is 0. The van der Waals surface area contributed by atoms with Crippen molar-refractivity contribution in [1.29, 1.82) is 0 Å². The maximum absolute atomic E-state index is 6.43. The third-order valence-electron chi connectivity index (χ3n) is 10.1. The fraction of sp³-hybridized carbons (Fsp3) is 0. The zero-order chi connectivity index (χ0) is 32.8. The summed E-state index contributed by atoms with van der Waals surface area (Å²) in [5.41, 5.74) is 10.1. The first kappa shape index (κ1) is 27.2. The SMILES string of the molecule is c1ccc(-n2c3ccccc3c3cc(N(c4ccc5c(c4)oc4ccccc45)c4cccc5cc6c(cc45)oc4ccccc46)ccc32)cc1. The lowest BCUT2D eigenvalue weighted by atomic mass is 10.0. The van der Waals surface area contributed by atoms with E-state index in [2.05, 4.69) is 155 Å². The minimum Gasteiger partial charge on any atom is -0.456 e. The monoisotopic (exact) mass is 640 g/mol. The molecule has 0 amide bonds. The normalized spacial score (nSPS) is 12.0. The molecule has 8 aromatic carbocycles. The van der Waals surface area contributed by atoms with Crippen LogP contribution in [0.3, 0.4) is 0 Å². The van der Waals surface area contributed by atoms with E-state index in [4.69, 9.17) is 8.83 Å². The van der Waals surface area contributed by atoms with Crippen LogP contribution in [0.4, 0.5) is 17.1 Å². The Morgan fingerprint density at radius 1 is 0.360 bits per heavy atom. The second-order valence-electron chi connectivity index (χ2n) is 12.9. The van der Waals surface area contributed by atoms with E-state index in [0.717, 1.165) is 82.9 Å². The summed E-state index contributed by atoms with van der Waals surface area (Å²) in [6.07, 6.45) is 0. The van der Waals surface area contributed by atoms with Crippen molar-refractivity contribution in [1.82, 2.24) is 4.57 Å². The van der Waals surface area contributed by atoms with Crippen molar-refractivity contribution in [3.8, 4) is 5.69 Å². The van der Waals surface area contributed by atoms with Gasteiger partial charge in [0.1, 0.15) is 22.3 Å². The van der Waals surface area contributed by atoms with Crippen molar-refractivity contribution in [2.24, 2.45) is 0 Å². The summed E-state index contributed by atoms with van der Waals surface area (Å²) in [5, 5.41) is 9.13. The number of anilines is 3. The summed E-state index contributed by atoms with van der Waals surface area (Å²) >= 11 is 0. The Kier molecular flexibility index (Phi) is 5.63. The highest BCUT2D eigenvalue weighted by Gasteiger charge is 2.21. The Morgan fingerprint density at radius 3 is 1.80 bits per heavy atom. The molecule has 11 aromatic rings. The minimum atomic E-state index is 0.857. The van der Waals surface area contributed by atoms with Gasteiger partial charge in [0, 0.05) is 60.8 Å². The summed E-state index contributed by atoms with van der Waals surface area (Å²) in [7, 11) is 0. The molecule has 0 aliphatic carbocycles. The maximum Gasteiger partial charge on any atom is 0.137 e. The first-order valence-electron chi connectivity index (χ1n) is 16.9. The number of rotatable bonds is 4. The van der Waals surface area contributed by atoms with Crippen LogP contribution in [0, 0.1) is 0 Å². The second-order valence-corrected chi connectivity index (χ2v) is 12.9. The van der Waals surface area contributed by atoms with Crippen LogP contribution >= 0.6 is 0 Å². The molecule has 3 aromatic heterocycles. The number of furan rings is 2. The van der Waals surface area contributed by atoms with Gasteiger partial charge in [0.2, 0.25) is 0 Å². The number of fused-ring (bicyclic) bond motifs is 10. The molecule has 0 radical (unpaired) electrons. The minimum absolute atomic E-state index is 0.857. The van der Waals surface area contributed by atoms with Crippen LogP contribution in [0.1, 0.15) is 0 Å². The highest BCUT2D eigenvalue weighted by molar-refractivity contribution is 6.15. The van der Waals surface area contributed by atoms with Gasteiger partial charge in [0.25, 0.3) is 0 Å². The molecule has 0 N–H and O–H groups in total. The molecule has 0 saturated carbocycles. The molecular formula is C46H28N2O2. The number of hydrogen-bond donors (Lipinski definition) is 0. The lowest BCUT2D eigenvalue weighted by Gasteiger charge is -2.27. The van der Waals surface area contributed by atoms with Crippen LogP contribution in [-0.4, -0.2) is 4.57 Å². The molecule has 0 atom stereocenters. The topological polar surface area (TPSA) is 34.5 Å². The van der Waals surface area contributed by atoms with Crippen LogP contribution in [0.2, 0.25) is 0 Å². The maximum atomic E-state index is 6.43. The van der Waals surface area contributed by atoms with Gasteiger partial charge >= 0.3 is 0 Å². The molecule has 0 fully saturated rings. The Hall–Kier alpha value is -6.78. The van der Waals surface area contributed by atoms with Gasteiger partial charge in [-0.1, -0.05) is 84.9 Å². The van der Waals surface area contributed by atoms with Crippen LogP contribution < -0.4 is 4.90 Å². The molecule has 0 saturated heterocycles. The molecule has 0 unspecified atom stereocenters. The standard InChI is InChI=1S/C46H28N2O2/c1-2-12-30(13-3-1)48-40-17-7-4-14-33(40)38-26-31(22-24-42(38)48)47(32-21-23-36-34-15-5-8-19-43(34)49-45(36)27-32)41-18-10-11-29-25-39-35-16-6-9-20-44(35)50-46(39)28-37(29)41/h1-28H. The summed E-state index contributed by atoms with van der Waals surface area (Å²) < 4.78 is 15.2. The number of hydrogen-bond acceptors (Lipinski definition) is 3. The van der Waals surface area contributed by atoms with E-state index in [1.165, 1.54) is 16.3 Å². The Labute approximate surface area is 286 Å². The van der Waals surface area contributed by atoms with E-state index in [0.29, 0.717) is 0 Å². The van der Waals surface area contributed by atoms with Crippen molar-refractivity contribution in [3.05, 3.63) is 170 Å². The van der Waals surface area contributed by atoms with Gasteiger partial charge in [-0.2, -0.15) is 0 Å². The van der Waals surface area contributed by atoms with Gasteiger partial charge in [-0.05, 0) is 84.2 Å².